The predicted octanol–water partition coefficient (Wildman–Crippen LogP) is 10.1. The van der Waals surface area contributed by atoms with Gasteiger partial charge in [-0.05, 0) is 70.0 Å². The zero-order chi connectivity index (χ0) is 29.5. The maximum absolute atomic E-state index is 5.00. The summed E-state index contributed by atoms with van der Waals surface area (Å²) in [6.45, 7) is 2.09. The molecule has 0 radical (unpaired) electrons. The van der Waals surface area contributed by atoms with E-state index in [1.165, 1.54) is 44.5 Å². The van der Waals surface area contributed by atoms with Crippen LogP contribution in [0.2, 0.25) is 0 Å². The van der Waals surface area contributed by atoms with E-state index in [4.69, 9.17) is 15.0 Å². The third-order valence-electron chi connectivity index (χ3n) is 8.46. The van der Waals surface area contributed by atoms with Crippen molar-refractivity contribution in [3.8, 4) is 67.5 Å². The highest BCUT2D eigenvalue weighted by atomic mass is 15.0. The van der Waals surface area contributed by atoms with Gasteiger partial charge in [0.05, 0.1) is 0 Å². The molecule has 0 aliphatic heterocycles. The Balaban J connectivity index is 1.23. The number of aromatic nitrogens is 3. The lowest BCUT2D eigenvalue weighted by atomic mass is 9.94. The highest BCUT2D eigenvalue weighted by Gasteiger charge is 2.24. The molecule has 7 aromatic rings. The van der Waals surface area contributed by atoms with Crippen molar-refractivity contribution in [3.05, 3.63) is 162 Å². The van der Waals surface area contributed by atoms with Gasteiger partial charge in [-0.25, -0.2) is 15.0 Å². The topological polar surface area (TPSA) is 38.7 Å². The van der Waals surface area contributed by atoms with Crippen LogP contribution in [0.15, 0.2) is 146 Å². The molecule has 0 N–H and O–H groups in total. The molecule has 0 saturated heterocycles. The molecule has 44 heavy (non-hydrogen) atoms. The lowest BCUT2D eigenvalue weighted by molar-refractivity contribution is 1.07. The van der Waals surface area contributed by atoms with Crippen molar-refractivity contribution in [2.75, 3.05) is 0 Å². The second kappa shape index (κ2) is 10.9. The highest BCUT2D eigenvalue weighted by molar-refractivity contribution is 5.90. The molecule has 1 aliphatic carbocycles. The molecule has 1 aliphatic rings. The Morgan fingerprint density at radius 1 is 0.364 bits per heavy atom. The fourth-order valence-corrected chi connectivity index (χ4v) is 6.36. The van der Waals surface area contributed by atoms with E-state index in [1.807, 2.05) is 36.4 Å². The van der Waals surface area contributed by atoms with Crippen LogP contribution in [-0.4, -0.2) is 15.0 Å². The van der Waals surface area contributed by atoms with E-state index in [0.717, 1.165) is 28.7 Å². The van der Waals surface area contributed by atoms with Gasteiger partial charge in [0.1, 0.15) is 0 Å². The summed E-state index contributed by atoms with van der Waals surface area (Å²) in [7, 11) is 0. The summed E-state index contributed by atoms with van der Waals surface area (Å²) < 4.78 is 0. The first-order valence-corrected chi connectivity index (χ1v) is 15.0. The van der Waals surface area contributed by atoms with Gasteiger partial charge in [0, 0.05) is 16.7 Å². The summed E-state index contributed by atoms with van der Waals surface area (Å²) in [6.07, 6.45) is 0.900. The van der Waals surface area contributed by atoms with Gasteiger partial charge < -0.3 is 0 Å². The summed E-state index contributed by atoms with van der Waals surface area (Å²) in [5, 5.41) is 0. The van der Waals surface area contributed by atoms with Crippen LogP contribution in [0, 0.1) is 6.92 Å². The first-order chi connectivity index (χ1) is 21.7. The van der Waals surface area contributed by atoms with Crippen LogP contribution in [0.5, 0.6) is 0 Å². The maximum atomic E-state index is 5.00. The van der Waals surface area contributed by atoms with Crippen molar-refractivity contribution >= 4 is 0 Å². The second-order valence-corrected chi connectivity index (χ2v) is 11.3. The lowest BCUT2D eigenvalue weighted by Gasteiger charge is -2.12. The number of benzene rings is 6. The molecule has 3 heteroatoms. The Bertz CT molecular complexity index is 2150. The van der Waals surface area contributed by atoms with Gasteiger partial charge >= 0.3 is 0 Å². The molecule has 0 atom stereocenters. The summed E-state index contributed by atoms with van der Waals surface area (Å²) in [5.41, 5.74) is 14.5. The number of hydrogen-bond donors (Lipinski definition) is 0. The van der Waals surface area contributed by atoms with E-state index in [2.05, 4.69) is 116 Å². The molecule has 0 amide bonds. The Labute approximate surface area is 257 Å². The summed E-state index contributed by atoms with van der Waals surface area (Å²) in [5.74, 6) is 2.01. The largest absolute Gasteiger partial charge is 0.208 e. The van der Waals surface area contributed by atoms with Crippen LogP contribution in [0.4, 0.5) is 0 Å². The number of aryl methyl sites for hydroxylation is 1. The van der Waals surface area contributed by atoms with Crippen LogP contribution in [-0.2, 0) is 6.42 Å². The van der Waals surface area contributed by atoms with E-state index < -0.39 is 0 Å². The molecule has 0 unspecified atom stereocenters. The number of hydrogen-bond acceptors (Lipinski definition) is 3. The fourth-order valence-electron chi connectivity index (χ4n) is 6.36. The number of rotatable bonds is 5. The van der Waals surface area contributed by atoms with E-state index in [9.17, 15) is 0 Å². The number of fused-ring (bicyclic) bond motifs is 3. The van der Waals surface area contributed by atoms with Gasteiger partial charge in [-0.15, -0.1) is 0 Å². The molecule has 3 nitrogen and oxygen atoms in total. The van der Waals surface area contributed by atoms with Crippen molar-refractivity contribution in [2.45, 2.75) is 13.3 Å². The highest BCUT2D eigenvalue weighted by Crippen LogP contribution is 2.45. The molecule has 1 aromatic heterocycles. The molecule has 0 spiro atoms. The fraction of sp³-hybridized carbons (Fsp3) is 0.0488. The molecular formula is C41H29N3. The van der Waals surface area contributed by atoms with E-state index in [0.29, 0.717) is 17.5 Å². The van der Waals surface area contributed by atoms with E-state index in [-0.39, 0.29) is 0 Å². The predicted molar refractivity (Wildman–Crippen MR) is 180 cm³/mol. The maximum Gasteiger partial charge on any atom is 0.164 e. The zero-order valence-corrected chi connectivity index (χ0v) is 24.4. The zero-order valence-electron chi connectivity index (χ0n) is 24.4. The molecular weight excluding hydrogens is 534 g/mol. The standard InChI is InChI=1S/C41H29N3/c1-27-12-8-18-31(24-27)40-42-39(29-15-6-3-7-16-29)43-41(44-40)32-19-9-17-30(25-32)34-21-11-23-36-35-22-10-20-33(37(35)26-38(34)36)28-13-4-2-5-14-28/h2-25H,26H2,1H3. The van der Waals surface area contributed by atoms with Crippen molar-refractivity contribution < 1.29 is 0 Å². The molecule has 0 fully saturated rings. The van der Waals surface area contributed by atoms with Crippen LogP contribution < -0.4 is 0 Å². The van der Waals surface area contributed by atoms with Gasteiger partial charge in [-0.1, -0.05) is 139 Å². The Morgan fingerprint density at radius 2 is 0.795 bits per heavy atom. The minimum absolute atomic E-state index is 0.666. The van der Waals surface area contributed by atoms with Gasteiger partial charge in [0.15, 0.2) is 17.5 Å². The van der Waals surface area contributed by atoms with Gasteiger partial charge in [0.2, 0.25) is 0 Å². The quantitative estimate of drug-likeness (QED) is 0.209. The van der Waals surface area contributed by atoms with Crippen LogP contribution in [0.3, 0.4) is 0 Å². The molecule has 6 aromatic carbocycles. The second-order valence-electron chi connectivity index (χ2n) is 11.3. The van der Waals surface area contributed by atoms with Crippen LogP contribution in [0.1, 0.15) is 16.7 Å². The molecule has 1 heterocycles. The Kier molecular flexibility index (Phi) is 6.42. The van der Waals surface area contributed by atoms with Crippen molar-refractivity contribution in [3.63, 3.8) is 0 Å². The Morgan fingerprint density at radius 3 is 1.41 bits per heavy atom. The molecule has 8 rings (SSSR count). The molecule has 0 saturated carbocycles. The average Bonchev–Trinajstić information content (AvgIpc) is 3.48. The van der Waals surface area contributed by atoms with Crippen LogP contribution >= 0.6 is 0 Å². The minimum atomic E-state index is 0.666. The minimum Gasteiger partial charge on any atom is -0.208 e. The first kappa shape index (κ1) is 26.0. The summed E-state index contributed by atoms with van der Waals surface area (Å²) in [6, 6.07) is 51.2. The third kappa shape index (κ3) is 4.69. The SMILES string of the molecule is Cc1cccc(-c2nc(-c3ccccc3)nc(-c3cccc(-c4cccc5c4Cc4c(-c6ccccc6)cccc4-5)c3)n2)c1. The van der Waals surface area contributed by atoms with Crippen LogP contribution in [0.25, 0.3) is 67.5 Å². The van der Waals surface area contributed by atoms with Gasteiger partial charge in [-0.2, -0.15) is 0 Å². The molecule has 0 bridgehead atoms. The van der Waals surface area contributed by atoms with E-state index in [1.54, 1.807) is 0 Å². The smallest absolute Gasteiger partial charge is 0.164 e. The van der Waals surface area contributed by atoms with Crippen molar-refractivity contribution in [1.82, 2.24) is 15.0 Å². The summed E-state index contributed by atoms with van der Waals surface area (Å²) in [4.78, 5) is 14.9. The normalized spacial score (nSPS) is 11.7. The van der Waals surface area contributed by atoms with Gasteiger partial charge in [0.25, 0.3) is 0 Å². The number of nitrogens with zero attached hydrogens (tertiary/aromatic N) is 3. The Hall–Kier alpha value is -5.67. The summed E-state index contributed by atoms with van der Waals surface area (Å²) >= 11 is 0. The third-order valence-corrected chi connectivity index (χ3v) is 8.46. The van der Waals surface area contributed by atoms with Gasteiger partial charge in [-0.3, -0.25) is 0 Å². The lowest BCUT2D eigenvalue weighted by Crippen LogP contribution is -2.00. The first-order valence-electron chi connectivity index (χ1n) is 15.0. The monoisotopic (exact) mass is 563 g/mol. The van der Waals surface area contributed by atoms with Crippen molar-refractivity contribution in [1.29, 1.82) is 0 Å². The molecule has 208 valence electrons. The van der Waals surface area contributed by atoms with E-state index >= 15 is 0 Å². The van der Waals surface area contributed by atoms with Crippen molar-refractivity contribution in [2.24, 2.45) is 0 Å². The average molecular weight is 564 g/mol.